The Morgan fingerprint density at radius 1 is 1.44 bits per heavy atom. The highest BCUT2D eigenvalue weighted by Crippen LogP contribution is 2.05. The molecule has 0 aliphatic rings. The molecule has 0 bridgehead atoms. The summed E-state index contributed by atoms with van der Waals surface area (Å²) >= 11 is 5.74. The van der Waals surface area contributed by atoms with Gasteiger partial charge in [0, 0.05) is 5.50 Å². The summed E-state index contributed by atoms with van der Waals surface area (Å²) in [7, 11) is -1.11. The average molecular weight is 163 g/mol. The van der Waals surface area contributed by atoms with Crippen LogP contribution in [0.3, 0.4) is 0 Å². The van der Waals surface area contributed by atoms with E-state index in [0.717, 1.165) is 11.9 Å². The smallest absolute Gasteiger partial charge is 0.0867 e. The highest BCUT2D eigenvalue weighted by molar-refractivity contribution is 6.87. The van der Waals surface area contributed by atoms with Crippen LogP contribution in [0.5, 0.6) is 0 Å². The Morgan fingerprint density at radius 2 is 2.00 bits per heavy atom. The van der Waals surface area contributed by atoms with Gasteiger partial charge in [0.05, 0.1) is 8.07 Å². The summed E-state index contributed by atoms with van der Waals surface area (Å²) in [6.07, 6.45) is 3.35. The zero-order chi connectivity index (χ0) is 7.33. The number of allylic oxidation sites excluding steroid dienone is 1. The minimum absolute atomic E-state index is 0.837. The maximum atomic E-state index is 5.74. The van der Waals surface area contributed by atoms with Gasteiger partial charge in [0.15, 0.2) is 0 Å². The molecular formula is C7H15ClSi. The van der Waals surface area contributed by atoms with E-state index in [2.05, 4.69) is 31.8 Å². The molecule has 0 radical (unpaired) electrons. The number of alkyl halides is 1. The number of halogens is 1. The van der Waals surface area contributed by atoms with E-state index in [0.29, 0.717) is 0 Å². The van der Waals surface area contributed by atoms with Crippen molar-refractivity contribution in [3.8, 4) is 0 Å². The van der Waals surface area contributed by atoms with Crippen LogP contribution in [0.4, 0.5) is 0 Å². The van der Waals surface area contributed by atoms with Crippen LogP contribution in [0.25, 0.3) is 0 Å². The van der Waals surface area contributed by atoms with Gasteiger partial charge in [-0.2, -0.15) is 0 Å². The fourth-order valence-electron chi connectivity index (χ4n) is 0.481. The zero-order valence-electron chi connectivity index (χ0n) is 6.45. The predicted octanol–water partition coefficient (Wildman–Crippen LogP) is 2.98. The molecule has 0 nitrogen and oxygen atoms in total. The zero-order valence-corrected chi connectivity index (χ0v) is 8.20. The Hall–Kier alpha value is 0.247. The van der Waals surface area contributed by atoms with E-state index in [4.69, 9.17) is 11.6 Å². The second-order valence-corrected chi connectivity index (χ2v) is 8.31. The van der Waals surface area contributed by atoms with Crippen molar-refractivity contribution in [1.29, 1.82) is 0 Å². The van der Waals surface area contributed by atoms with Gasteiger partial charge in [0.2, 0.25) is 0 Å². The second-order valence-electron chi connectivity index (χ2n) is 2.93. The molecule has 2 heteroatoms. The largest absolute Gasteiger partial charge is 0.130 e. The van der Waals surface area contributed by atoms with Crippen LogP contribution < -0.4 is 0 Å². The van der Waals surface area contributed by atoms with Gasteiger partial charge in [0.1, 0.15) is 0 Å². The van der Waals surface area contributed by atoms with Gasteiger partial charge in [-0.3, -0.25) is 0 Å². The van der Waals surface area contributed by atoms with Crippen LogP contribution in [0.1, 0.15) is 13.3 Å². The van der Waals surface area contributed by atoms with E-state index >= 15 is 0 Å². The number of rotatable bonds is 3. The van der Waals surface area contributed by atoms with E-state index in [9.17, 15) is 0 Å². The first-order valence-corrected chi connectivity index (χ1v) is 7.18. The Bertz CT molecular complexity index is 97.1. The third-order valence-corrected chi connectivity index (χ3v) is 5.04. The molecule has 0 N–H and O–H groups in total. The first kappa shape index (κ1) is 9.25. The number of hydrogen-bond donors (Lipinski definition) is 0. The fourth-order valence-corrected chi connectivity index (χ4v) is 1.71. The molecule has 0 saturated heterocycles. The summed E-state index contributed by atoms with van der Waals surface area (Å²) in [5.41, 5.74) is 3.14. The van der Waals surface area contributed by atoms with Crippen LogP contribution in [0, 0.1) is 0 Å². The number of hydrogen-bond acceptors (Lipinski definition) is 0. The Balaban J connectivity index is 3.70. The summed E-state index contributed by atoms with van der Waals surface area (Å²) in [4.78, 5) is 0. The van der Waals surface area contributed by atoms with E-state index in [1.807, 2.05) is 0 Å². The van der Waals surface area contributed by atoms with Gasteiger partial charge in [-0.25, -0.2) is 0 Å². The molecule has 0 aromatic rings. The predicted molar refractivity (Wildman–Crippen MR) is 47.6 cm³/mol. The first-order chi connectivity index (χ1) is 4.12. The maximum absolute atomic E-state index is 5.74. The molecule has 0 fully saturated rings. The molecule has 0 heterocycles. The standard InChI is InChI=1S/C7H15ClSi/c1-4-5-6-9(2,3)7-8/h5-6H,4,7H2,1-3H3. The van der Waals surface area contributed by atoms with Crippen LogP contribution in [0.15, 0.2) is 11.8 Å². The lowest BCUT2D eigenvalue weighted by Crippen LogP contribution is -2.25. The van der Waals surface area contributed by atoms with E-state index in [1.54, 1.807) is 0 Å². The van der Waals surface area contributed by atoms with Crippen molar-refractivity contribution < 1.29 is 0 Å². The summed E-state index contributed by atoms with van der Waals surface area (Å²) in [6, 6.07) is 0. The van der Waals surface area contributed by atoms with E-state index in [-0.39, 0.29) is 0 Å². The maximum Gasteiger partial charge on any atom is 0.0867 e. The first-order valence-electron chi connectivity index (χ1n) is 3.36. The molecule has 9 heavy (non-hydrogen) atoms. The van der Waals surface area contributed by atoms with E-state index < -0.39 is 8.07 Å². The lowest BCUT2D eigenvalue weighted by molar-refractivity contribution is 1.23. The molecule has 0 atom stereocenters. The molecule has 0 rings (SSSR count). The Labute approximate surface area is 63.9 Å². The van der Waals surface area contributed by atoms with Crippen molar-refractivity contribution in [3.63, 3.8) is 0 Å². The van der Waals surface area contributed by atoms with Crippen LogP contribution in [-0.4, -0.2) is 13.6 Å². The monoisotopic (exact) mass is 162 g/mol. The topological polar surface area (TPSA) is 0 Å². The van der Waals surface area contributed by atoms with Gasteiger partial charge < -0.3 is 0 Å². The summed E-state index contributed by atoms with van der Waals surface area (Å²) in [5.74, 6) is 0. The third kappa shape index (κ3) is 4.73. The van der Waals surface area contributed by atoms with Gasteiger partial charge in [0.25, 0.3) is 0 Å². The molecule has 0 spiro atoms. The molecule has 0 aliphatic carbocycles. The summed E-state index contributed by atoms with van der Waals surface area (Å²) < 4.78 is 0. The van der Waals surface area contributed by atoms with Crippen molar-refractivity contribution in [2.75, 3.05) is 5.50 Å². The normalized spacial score (nSPS) is 12.9. The minimum atomic E-state index is -1.11. The quantitative estimate of drug-likeness (QED) is 0.442. The van der Waals surface area contributed by atoms with Gasteiger partial charge in [-0.15, -0.1) is 11.6 Å². The van der Waals surface area contributed by atoms with Crippen molar-refractivity contribution >= 4 is 19.7 Å². The van der Waals surface area contributed by atoms with Gasteiger partial charge >= 0.3 is 0 Å². The van der Waals surface area contributed by atoms with Crippen molar-refractivity contribution in [2.45, 2.75) is 26.4 Å². The molecule has 0 aromatic carbocycles. The van der Waals surface area contributed by atoms with Gasteiger partial charge in [-0.1, -0.05) is 31.8 Å². The lowest BCUT2D eigenvalue weighted by atomic mass is 10.5. The van der Waals surface area contributed by atoms with Crippen molar-refractivity contribution in [1.82, 2.24) is 0 Å². The third-order valence-electron chi connectivity index (χ3n) is 1.15. The molecule has 0 aliphatic heterocycles. The molecular weight excluding hydrogens is 148 g/mol. The Kier molecular flexibility index (Phi) is 4.24. The highest BCUT2D eigenvalue weighted by Gasteiger charge is 2.13. The lowest BCUT2D eigenvalue weighted by Gasteiger charge is -2.11. The van der Waals surface area contributed by atoms with E-state index in [1.165, 1.54) is 0 Å². The van der Waals surface area contributed by atoms with Crippen LogP contribution >= 0.6 is 11.6 Å². The fraction of sp³-hybridized carbons (Fsp3) is 0.714. The van der Waals surface area contributed by atoms with Crippen LogP contribution in [0.2, 0.25) is 13.1 Å². The highest BCUT2D eigenvalue weighted by atomic mass is 35.5. The molecule has 0 amide bonds. The molecule has 54 valence electrons. The second kappa shape index (κ2) is 4.12. The van der Waals surface area contributed by atoms with Crippen LogP contribution in [-0.2, 0) is 0 Å². The Morgan fingerprint density at radius 3 is 2.33 bits per heavy atom. The minimum Gasteiger partial charge on any atom is -0.130 e. The molecule has 0 aromatic heterocycles. The summed E-state index contributed by atoms with van der Waals surface area (Å²) in [5, 5.41) is 0. The molecule has 0 saturated carbocycles. The van der Waals surface area contributed by atoms with Crippen molar-refractivity contribution in [2.24, 2.45) is 0 Å². The van der Waals surface area contributed by atoms with Crippen molar-refractivity contribution in [3.05, 3.63) is 11.8 Å². The van der Waals surface area contributed by atoms with Gasteiger partial charge in [-0.05, 0) is 6.42 Å². The molecule has 0 unspecified atom stereocenters. The summed E-state index contributed by atoms with van der Waals surface area (Å²) in [6.45, 7) is 6.69. The average Bonchev–Trinajstić information content (AvgIpc) is 1.84. The SMILES string of the molecule is CCC=C[Si](C)(C)CCl.